The minimum atomic E-state index is -2.81. The summed E-state index contributed by atoms with van der Waals surface area (Å²) in [6.07, 6.45) is 0.741. The van der Waals surface area contributed by atoms with Crippen molar-refractivity contribution in [2.24, 2.45) is 10.9 Å². The summed E-state index contributed by atoms with van der Waals surface area (Å²) in [6, 6.07) is 10.1. The van der Waals surface area contributed by atoms with E-state index in [2.05, 4.69) is 15.6 Å². The van der Waals surface area contributed by atoms with Gasteiger partial charge in [-0.3, -0.25) is 4.99 Å². The molecule has 0 bridgehead atoms. The average molecular weight is 423 g/mol. The predicted molar refractivity (Wildman–Crippen MR) is 96.8 cm³/mol. The van der Waals surface area contributed by atoms with Crippen LogP contribution in [-0.4, -0.2) is 39.5 Å². The molecule has 0 radical (unpaired) electrons. The minimum absolute atomic E-state index is 0. The molecule has 7 heteroatoms. The number of benzene rings is 1. The van der Waals surface area contributed by atoms with Crippen LogP contribution in [0.15, 0.2) is 35.3 Å². The molecule has 0 spiro atoms. The molecule has 1 heterocycles. The van der Waals surface area contributed by atoms with Crippen molar-refractivity contribution in [1.82, 2.24) is 10.6 Å². The molecule has 1 unspecified atom stereocenters. The van der Waals surface area contributed by atoms with Crippen molar-refractivity contribution in [3.8, 4) is 0 Å². The minimum Gasteiger partial charge on any atom is -0.356 e. The first kappa shape index (κ1) is 18.2. The van der Waals surface area contributed by atoms with Crippen LogP contribution in [0.5, 0.6) is 0 Å². The molecule has 2 N–H and O–H groups in total. The Morgan fingerprint density at radius 1 is 1.29 bits per heavy atom. The van der Waals surface area contributed by atoms with Crippen molar-refractivity contribution in [2.75, 3.05) is 25.1 Å². The van der Waals surface area contributed by atoms with Gasteiger partial charge in [0.25, 0.3) is 0 Å². The average Bonchev–Trinajstić information content (AvgIpc) is 2.80. The molecule has 1 fully saturated rings. The van der Waals surface area contributed by atoms with Crippen molar-refractivity contribution in [2.45, 2.75) is 13.0 Å². The Hall–Kier alpha value is -0.830. The molecule has 2 rings (SSSR count). The van der Waals surface area contributed by atoms with Crippen LogP contribution in [0.1, 0.15) is 12.0 Å². The van der Waals surface area contributed by atoms with Crippen molar-refractivity contribution >= 4 is 39.8 Å². The third kappa shape index (κ3) is 6.21. The molecule has 0 saturated carbocycles. The maximum absolute atomic E-state index is 11.4. The van der Waals surface area contributed by atoms with E-state index in [1.807, 2.05) is 30.3 Å². The van der Waals surface area contributed by atoms with Gasteiger partial charge < -0.3 is 10.6 Å². The first-order valence-electron chi connectivity index (χ1n) is 6.78. The number of nitrogens with one attached hydrogen (secondary N) is 2. The molecule has 1 aromatic rings. The molecular weight excluding hydrogens is 401 g/mol. The summed E-state index contributed by atoms with van der Waals surface area (Å²) >= 11 is 0. The predicted octanol–water partition coefficient (Wildman–Crippen LogP) is 1.40. The fourth-order valence-corrected chi connectivity index (χ4v) is 4.14. The normalized spacial score (nSPS) is 20.6. The highest BCUT2D eigenvalue weighted by Gasteiger charge is 2.27. The van der Waals surface area contributed by atoms with Gasteiger partial charge in [-0.15, -0.1) is 24.0 Å². The zero-order valence-corrected chi connectivity index (χ0v) is 15.2. The molecule has 0 aliphatic carbocycles. The van der Waals surface area contributed by atoms with Crippen molar-refractivity contribution < 1.29 is 8.42 Å². The van der Waals surface area contributed by atoms with Crippen LogP contribution in [0.2, 0.25) is 0 Å². The van der Waals surface area contributed by atoms with E-state index in [1.54, 1.807) is 7.05 Å². The molecule has 1 atom stereocenters. The van der Waals surface area contributed by atoms with E-state index in [1.165, 1.54) is 5.56 Å². The Balaban J connectivity index is 0.00000220. The van der Waals surface area contributed by atoms with Crippen LogP contribution in [-0.2, 0) is 16.4 Å². The van der Waals surface area contributed by atoms with Crippen molar-refractivity contribution in [1.29, 1.82) is 0 Å². The van der Waals surface area contributed by atoms with Gasteiger partial charge in [0.15, 0.2) is 15.8 Å². The van der Waals surface area contributed by atoms with E-state index in [9.17, 15) is 8.42 Å². The lowest BCUT2D eigenvalue weighted by Gasteiger charge is -2.14. The monoisotopic (exact) mass is 423 g/mol. The number of nitrogens with zero attached hydrogens (tertiary/aromatic N) is 1. The van der Waals surface area contributed by atoms with Crippen LogP contribution < -0.4 is 10.6 Å². The van der Waals surface area contributed by atoms with E-state index in [0.717, 1.165) is 6.42 Å². The Morgan fingerprint density at radius 3 is 2.57 bits per heavy atom. The standard InChI is InChI=1S/C14H21N3O2S.HI/c1-15-14(16-9-12-5-3-2-4-6-12)17-10-13-7-8-20(18,19)11-13;/h2-6,13H,7-11H2,1H3,(H2,15,16,17);1H. The van der Waals surface area contributed by atoms with E-state index < -0.39 is 9.84 Å². The molecule has 118 valence electrons. The quantitative estimate of drug-likeness (QED) is 0.437. The lowest BCUT2D eigenvalue weighted by Crippen LogP contribution is -2.39. The highest BCUT2D eigenvalue weighted by Crippen LogP contribution is 2.17. The summed E-state index contributed by atoms with van der Waals surface area (Å²) in [5.74, 6) is 1.50. The molecule has 5 nitrogen and oxygen atoms in total. The van der Waals surface area contributed by atoms with Gasteiger partial charge in [0.2, 0.25) is 0 Å². The highest BCUT2D eigenvalue weighted by molar-refractivity contribution is 14.0. The summed E-state index contributed by atoms with van der Waals surface area (Å²) in [6.45, 7) is 1.34. The number of halogens is 1. The molecule has 1 aromatic carbocycles. The summed E-state index contributed by atoms with van der Waals surface area (Å²) in [5, 5.41) is 6.41. The van der Waals surface area contributed by atoms with Crippen molar-refractivity contribution in [3.63, 3.8) is 0 Å². The Bertz CT molecular complexity index is 561. The first-order valence-corrected chi connectivity index (χ1v) is 8.60. The van der Waals surface area contributed by atoms with Gasteiger partial charge in [-0.1, -0.05) is 30.3 Å². The summed E-state index contributed by atoms with van der Waals surface area (Å²) < 4.78 is 22.8. The number of guanidine groups is 1. The summed E-state index contributed by atoms with van der Waals surface area (Å²) in [5.41, 5.74) is 1.18. The topological polar surface area (TPSA) is 70.6 Å². The first-order chi connectivity index (χ1) is 9.59. The second-order valence-corrected chi connectivity index (χ2v) is 7.29. The van der Waals surface area contributed by atoms with Crippen LogP contribution in [0.25, 0.3) is 0 Å². The molecule has 0 amide bonds. The van der Waals surface area contributed by atoms with Crippen LogP contribution in [0.4, 0.5) is 0 Å². The van der Waals surface area contributed by atoms with Gasteiger partial charge in [-0.2, -0.15) is 0 Å². The fourth-order valence-electron chi connectivity index (χ4n) is 2.28. The van der Waals surface area contributed by atoms with Gasteiger partial charge in [-0.25, -0.2) is 8.42 Å². The Kier molecular flexibility index (Phi) is 7.44. The lowest BCUT2D eigenvalue weighted by molar-refractivity contribution is 0.567. The van der Waals surface area contributed by atoms with Crippen molar-refractivity contribution in [3.05, 3.63) is 35.9 Å². The molecule has 1 saturated heterocycles. The largest absolute Gasteiger partial charge is 0.356 e. The molecule has 1 aliphatic rings. The van der Waals surface area contributed by atoms with E-state index >= 15 is 0 Å². The smallest absolute Gasteiger partial charge is 0.191 e. The number of sulfone groups is 1. The lowest BCUT2D eigenvalue weighted by atomic mass is 10.1. The van der Waals surface area contributed by atoms with E-state index in [4.69, 9.17) is 0 Å². The number of rotatable bonds is 4. The molecule has 21 heavy (non-hydrogen) atoms. The highest BCUT2D eigenvalue weighted by atomic mass is 127. The zero-order valence-electron chi connectivity index (χ0n) is 12.1. The zero-order chi connectivity index (χ0) is 14.4. The number of aliphatic imine (C=N–C) groups is 1. The van der Waals surface area contributed by atoms with Gasteiger partial charge in [0.05, 0.1) is 11.5 Å². The molecule has 0 aromatic heterocycles. The Labute approximate surface area is 143 Å². The maximum Gasteiger partial charge on any atom is 0.191 e. The Morgan fingerprint density at radius 2 is 2.00 bits per heavy atom. The van der Waals surface area contributed by atoms with Gasteiger partial charge in [0, 0.05) is 20.1 Å². The van der Waals surface area contributed by atoms with Crippen LogP contribution in [0.3, 0.4) is 0 Å². The summed E-state index contributed by atoms with van der Waals surface area (Å²) in [4.78, 5) is 4.15. The third-order valence-corrected chi connectivity index (χ3v) is 5.25. The third-order valence-electron chi connectivity index (χ3n) is 3.41. The van der Waals surface area contributed by atoms with Gasteiger partial charge >= 0.3 is 0 Å². The second-order valence-electron chi connectivity index (χ2n) is 5.06. The summed E-state index contributed by atoms with van der Waals surface area (Å²) in [7, 11) is -1.09. The molecule has 1 aliphatic heterocycles. The molecular formula is C14H22IN3O2S. The number of hydrogen-bond donors (Lipinski definition) is 2. The van der Waals surface area contributed by atoms with Crippen LogP contribution in [0, 0.1) is 5.92 Å². The number of hydrogen-bond acceptors (Lipinski definition) is 3. The fraction of sp³-hybridized carbons (Fsp3) is 0.500. The van der Waals surface area contributed by atoms with Gasteiger partial charge in [0.1, 0.15) is 0 Å². The van der Waals surface area contributed by atoms with Gasteiger partial charge in [-0.05, 0) is 17.9 Å². The van der Waals surface area contributed by atoms with E-state index in [-0.39, 0.29) is 35.6 Å². The van der Waals surface area contributed by atoms with Crippen LogP contribution >= 0.6 is 24.0 Å². The maximum atomic E-state index is 11.4. The van der Waals surface area contributed by atoms with E-state index in [0.29, 0.717) is 24.8 Å². The second kappa shape index (κ2) is 8.57. The SMILES string of the molecule is CN=C(NCc1ccccc1)NCC1CCS(=O)(=O)C1.I.